The van der Waals surface area contributed by atoms with Crippen molar-refractivity contribution < 1.29 is 13.2 Å². The van der Waals surface area contributed by atoms with E-state index in [9.17, 15) is 13.2 Å². The lowest BCUT2D eigenvalue weighted by atomic mass is 10.3. The predicted molar refractivity (Wildman–Crippen MR) is 106 cm³/mol. The summed E-state index contributed by atoms with van der Waals surface area (Å²) in [4.78, 5) is 14.0. The fourth-order valence-electron chi connectivity index (χ4n) is 2.20. The first-order valence-electron chi connectivity index (χ1n) is 7.97. The van der Waals surface area contributed by atoms with Gasteiger partial charge >= 0.3 is 0 Å². The van der Waals surface area contributed by atoms with Gasteiger partial charge < -0.3 is 4.90 Å². The Balaban J connectivity index is 1.79. The highest BCUT2D eigenvalue weighted by Gasteiger charge is 2.18. The van der Waals surface area contributed by atoms with Gasteiger partial charge in [-0.1, -0.05) is 24.3 Å². The Hall–Kier alpha value is -2.78. The fraction of sp³-hybridized carbons (Fsp3) is 0.111. The minimum Gasteiger partial charge on any atom is -0.339 e. The summed E-state index contributed by atoms with van der Waals surface area (Å²) in [6, 6.07) is 15.9. The summed E-state index contributed by atoms with van der Waals surface area (Å²) < 4.78 is 29.3. The molecule has 0 saturated carbocycles. The van der Waals surface area contributed by atoms with E-state index >= 15 is 0 Å². The Morgan fingerprint density at radius 1 is 1.11 bits per heavy atom. The van der Waals surface area contributed by atoms with Crippen LogP contribution in [0, 0.1) is 0 Å². The topological polar surface area (TPSA) is 84.3 Å². The molecule has 1 heterocycles. The number of amides is 1. The molecular weight excluding hydrogens is 384 g/mol. The van der Waals surface area contributed by atoms with Gasteiger partial charge in [0.25, 0.3) is 15.3 Å². The number of carbonyl (C=O) groups excluding carboxylic acids is 1. The van der Waals surface area contributed by atoms with Crippen LogP contribution in [-0.2, 0) is 10.0 Å². The number of sulfonamides is 1. The smallest absolute Gasteiger partial charge is 0.285 e. The van der Waals surface area contributed by atoms with Gasteiger partial charge in [0.1, 0.15) is 4.90 Å². The van der Waals surface area contributed by atoms with Crippen LogP contribution in [0.1, 0.15) is 0 Å². The van der Waals surface area contributed by atoms with E-state index in [1.807, 2.05) is 30.3 Å². The first-order valence-corrected chi connectivity index (χ1v) is 10.3. The van der Waals surface area contributed by atoms with Gasteiger partial charge in [0.15, 0.2) is 0 Å². The number of anilines is 1. The fourth-order valence-corrected chi connectivity index (χ4v) is 3.89. The zero-order valence-electron chi connectivity index (χ0n) is 14.7. The average molecular weight is 403 g/mol. The van der Waals surface area contributed by atoms with Gasteiger partial charge in [0.2, 0.25) is 0 Å². The van der Waals surface area contributed by atoms with Gasteiger partial charge in [0, 0.05) is 24.7 Å². The lowest BCUT2D eigenvalue weighted by Crippen LogP contribution is -2.16. The maximum Gasteiger partial charge on any atom is 0.285 e. The quantitative estimate of drug-likeness (QED) is 0.661. The van der Waals surface area contributed by atoms with Gasteiger partial charge in [-0.2, -0.15) is 5.10 Å². The van der Waals surface area contributed by atoms with E-state index in [-0.39, 0.29) is 10.1 Å². The molecule has 0 aliphatic carbocycles. The van der Waals surface area contributed by atoms with Crippen molar-refractivity contribution in [2.24, 2.45) is 0 Å². The highest BCUT2D eigenvalue weighted by atomic mass is 32.2. The molecule has 27 heavy (non-hydrogen) atoms. The van der Waals surface area contributed by atoms with Crippen molar-refractivity contribution in [2.75, 3.05) is 18.8 Å². The van der Waals surface area contributed by atoms with Crippen molar-refractivity contribution in [1.29, 1.82) is 0 Å². The molecule has 1 aromatic heterocycles. The molecule has 0 aliphatic heterocycles. The number of rotatable bonds is 5. The van der Waals surface area contributed by atoms with E-state index in [1.165, 1.54) is 22.0 Å². The van der Waals surface area contributed by atoms with E-state index in [0.29, 0.717) is 10.6 Å². The molecule has 140 valence electrons. The summed E-state index contributed by atoms with van der Waals surface area (Å²) in [5, 5.41) is 3.97. The molecule has 0 spiro atoms. The van der Waals surface area contributed by atoms with Gasteiger partial charge in [-0.3, -0.25) is 9.52 Å². The molecule has 0 fully saturated rings. The van der Waals surface area contributed by atoms with Gasteiger partial charge in [0.05, 0.1) is 18.1 Å². The molecule has 3 rings (SSSR count). The van der Waals surface area contributed by atoms with Crippen LogP contribution in [0.5, 0.6) is 0 Å². The molecule has 2 aromatic carbocycles. The summed E-state index contributed by atoms with van der Waals surface area (Å²) in [6.45, 7) is 0. The summed E-state index contributed by atoms with van der Waals surface area (Å²) in [7, 11) is -0.482. The normalized spacial score (nSPS) is 11.2. The Labute approximate surface area is 162 Å². The monoisotopic (exact) mass is 402 g/mol. The first-order chi connectivity index (χ1) is 12.8. The average Bonchev–Trinajstić information content (AvgIpc) is 3.13. The molecule has 1 amide bonds. The number of aromatic nitrogens is 2. The Kier molecular flexibility index (Phi) is 5.52. The minimum atomic E-state index is -3.80. The molecule has 9 heteroatoms. The Morgan fingerprint density at radius 3 is 2.56 bits per heavy atom. The van der Waals surface area contributed by atoms with Crippen molar-refractivity contribution in [1.82, 2.24) is 14.7 Å². The van der Waals surface area contributed by atoms with Crippen LogP contribution in [0.3, 0.4) is 0 Å². The molecule has 3 aromatic rings. The van der Waals surface area contributed by atoms with Crippen molar-refractivity contribution in [2.45, 2.75) is 9.79 Å². The van der Waals surface area contributed by atoms with Crippen LogP contribution in [-0.4, -0.2) is 42.4 Å². The molecule has 1 N–H and O–H groups in total. The number of hydrogen-bond donors (Lipinski definition) is 1. The zero-order valence-corrected chi connectivity index (χ0v) is 16.4. The Bertz CT molecular complexity index is 1050. The standard InChI is InChI=1S/C18H18N4O3S2/c1-21(2)18(23)26-16-10-6-7-14(11-16)20-27(24,25)17-12-19-22(13-17)15-8-4-3-5-9-15/h3-13,20H,1-2H3. The zero-order chi connectivity index (χ0) is 19.4. The van der Waals surface area contributed by atoms with Gasteiger partial charge in [-0.25, -0.2) is 13.1 Å². The molecule has 0 unspecified atom stereocenters. The van der Waals surface area contributed by atoms with Crippen molar-refractivity contribution >= 4 is 32.7 Å². The number of hydrogen-bond acceptors (Lipinski definition) is 5. The van der Waals surface area contributed by atoms with E-state index in [2.05, 4.69) is 9.82 Å². The van der Waals surface area contributed by atoms with E-state index in [0.717, 1.165) is 17.4 Å². The third-order valence-electron chi connectivity index (χ3n) is 3.55. The second-order valence-corrected chi connectivity index (χ2v) is 8.56. The third kappa shape index (κ3) is 4.69. The van der Waals surface area contributed by atoms with E-state index in [1.54, 1.807) is 38.4 Å². The number of carbonyl (C=O) groups is 1. The first kappa shape index (κ1) is 19.0. The second-order valence-electron chi connectivity index (χ2n) is 5.85. The lowest BCUT2D eigenvalue weighted by molar-refractivity contribution is 0.241. The van der Waals surface area contributed by atoms with Gasteiger partial charge in [-0.05, 0) is 42.1 Å². The van der Waals surface area contributed by atoms with Crippen LogP contribution >= 0.6 is 11.8 Å². The Morgan fingerprint density at radius 2 is 1.85 bits per heavy atom. The number of thioether (sulfide) groups is 1. The van der Waals surface area contributed by atoms with Crippen molar-refractivity contribution in [3.63, 3.8) is 0 Å². The SMILES string of the molecule is CN(C)C(=O)Sc1cccc(NS(=O)(=O)c2cnn(-c3ccccc3)c2)c1. The van der Waals surface area contributed by atoms with Crippen molar-refractivity contribution in [3.05, 3.63) is 67.0 Å². The summed E-state index contributed by atoms with van der Waals surface area (Å²) in [5.41, 5.74) is 1.14. The molecule has 0 radical (unpaired) electrons. The van der Waals surface area contributed by atoms with Crippen LogP contribution in [0.4, 0.5) is 10.5 Å². The van der Waals surface area contributed by atoms with Crippen LogP contribution in [0.2, 0.25) is 0 Å². The highest BCUT2D eigenvalue weighted by Crippen LogP contribution is 2.25. The van der Waals surface area contributed by atoms with Crippen LogP contribution in [0.15, 0.2) is 76.8 Å². The molecule has 0 atom stereocenters. The summed E-state index contributed by atoms with van der Waals surface area (Å²) >= 11 is 1.02. The van der Waals surface area contributed by atoms with E-state index < -0.39 is 10.0 Å². The predicted octanol–water partition coefficient (Wildman–Crippen LogP) is 3.45. The summed E-state index contributed by atoms with van der Waals surface area (Å²) in [5.74, 6) is 0. The van der Waals surface area contributed by atoms with Crippen LogP contribution < -0.4 is 4.72 Å². The number of nitrogens with one attached hydrogen (secondary N) is 1. The largest absolute Gasteiger partial charge is 0.339 e. The molecule has 0 bridgehead atoms. The molecule has 0 aliphatic rings. The van der Waals surface area contributed by atoms with Crippen molar-refractivity contribution in [3.8, 4) is 5.69 Å². The number of benzene rings is 2. The van der Waals surface area contributed by atoms with E-state index in [4.69, 9.17) is 0 Å². The third-order valence-corrected chi connectivity index (χ3v) is 5.91. The lowest BCUT2D eigenvalue weighted by Gasteiger charge is -2.10. The summed E-state index contributed by atoms with van der Waals surface area (Å²) in [6.07, 6.45) is 2.75. The second kappa shape index (κ2) is 7.85. The molecule has 7 nitrogen and oxygen atoms in total. The molecular formula is C18H18N4O3S2. The van der Waals surface area contributed by atoms with Crippen LogP contribution in [0.25, 0.3) is 5.69 Å². The number of nitrogens with zero attached hydrogens (tertiary/aromatic N) is 3. The minimum absolute atomic E-state index is 0.0498. The molecule has 0 saturated heterocycles. The maximum atomic E-state index is 12.6. The number of para-hydroxylation sites is 1. The highest BCUT2D eigenvalue weighted by molar-refractivity contribution is 8.13. The maximum absolute atomic E-state index is 12.6. The van der Waals surface area contributed by atoms with Gasteiger partial charge in [-0.15, -0.1) is 0 Å².